The van der Waals surface area contributed by atoms with Gasteiger partial charge in [-0.2, -0.15) is 0 Å². The average molecular weight is 277 g/mol. The first-order chi connectivity index (χ1) is 9.63. The molecule has 0 saturated carbocycles. The molecule has 0 aromatic carbocycles. The molecular formula is C16H27N3O. The molecule has 2 heterocycles. The zero-order chi connectivity index (χ0) is 14.4. The summed E-state index contributed by atoms with van der Waals surface area (Å²) in [6.07, 6.45) is 1.60. The van der Waals surface area contributed by atoms with E-state index < -0.39 is 0 Å². The fourth-order valence-electron chi connectivity index (χ4n) is 2.59. The van der Waals surface area contributed by atoms with Crippen LogP contribution in [-0.4, -0.2) is 48.8 Å². The molecule has 1 aromatic rings. The molecule has 1 fully saturated rings. The Hall–Kier alpha value is -1.13. The smallest absolute Gasteiger partial charge is 0.126 e. The van der Waals surface area contributed by atoms with Gasteiger partial charge >= 0.3 is 0 Å². The first kappa shape index (κ1) is 15.3. The molecule has 1 N–H and O–H groups in total. The number of ether oxygens (including phenoxy) is 1. The lowest BCUT2D eigenvalue weighted by Gasteiger charge is -2.17. The second-order valence-electron chi connectivity index (χ2n) is 5.92. The van der Waals surface area contributed by atoms with Crippen molar-refractivity contribution in [2.75, 3.05) is 38.1 Å². The lowest BCUT2D eigenvalue weighted by molar-refractivity contribution is 0.0630. The molecule has 1 aliphatic heterocycles. The van der Waals surface area contributed by atoms with Gasteiger partial charge in [-0.25, -0.2) is 4.98 Å². The van der Waals surface area contributed by atoms with Gasteiger partial charge in [0.25, 0.3) is 0 Å². The zero-order valence-corrected chi connectivity index (χ0v) is 12.9. The lowest BCUT2D eigenvalue weighted by atomic mass is 10.1. The maximum atomic E-state index is 5.61. The third-order valence-electron chi connectivity index (χ3n) is 3.69. The number of anilines is 1. The number of aryl methyl sites for hydroxylation is 1. The van der Waals surface area contributed by atoms with Crippen LogP contribution in [0.15, 0.2) is 18.2 Å². The quantitative estimate of drug-likeness (QED) is 0.831. The number of aromatic nitrogens is 1. The summed E-state index contributed by atoms with van der Waals surface area (Å²) in [5.74, 6) is 1.71. The first-order valence-electron chi connectivity index (χ1n) is 7.65. The minimum atomic E-state index is 0.336. The molecule has 1 aliphatic rings. The summed E-state index contributed by atoms with van der Waals surface area (Å²) in [6, 6.07) is 6.11. The Bertz CT molecular complexity index is 408. The van der Waals surface area contributed by atoms with Crippen LogP contribution >= 0.6 is 0 Å². The fourth-order valence-corrected chi connectivity index (χ4v) is 2.59. The van der Waals surface area contributed by atoms with Crippen molar-refractivity contribution in [2.24, 2.45) is 5.92 Å². The van der Waals surface area contributed by atoms with Crippen molar-refractivity contribution in [3.8, 4) is 0 Å². The molecule has 0 radical (unpaired) electrons. The highest BCUT2D eigenvalue weighted by Crippen LogP contribution is 2.16. The van der Waals surface area contributed by atoms with Crippen LogP contribution in [0, 0.1) is 12.8 Å². The van der Waals surface area contributed by atoms with E-state index in [0.29, 0.717) is 6.10 Å². The molecule has 0 spiro atoms. The van der Waals surface area contributed by atoms with E-state index in [1.807, 2.05) is 19.1 Å². The third-order valence-corrected chi connectivity index (χ3v) is 3.69. The molecule has 20 heavy (non-hydrogen) atoms. The normalized spacial score (nSPS) is 19.7. The fraction of sp³-hybridized carbons (Fsp3) is 0.688. The van der Waals surface area contributed by atoms with Gasteiger partial charge in [0, 0.05) is 25.3 Å². The van der Waals surface area contributed by atoms with Crippen LogP contribution < -0.4 is 5.32 Å². The van der Waals surface area contributed by atoms with Gasteiger partial charge in [0.2, 0.25) is 0 Å². The first-order valence-corrected chi connectivity index (χ1v) is 7.65. The molecule has 1 saturated heterocycles. The van der Waals surface area contributed by atoms with E-state index in [4.69, 9.17) is 4.74 Å². The molecule has 0 unspecified atom stereocenters. The van der Waals surface area contributed by atoms with Gasteiger partial charge in [-0.1, -0.05) is 6.07 Å². The van der Waals surface area contributed by atoms with Crippen molar-refractivity contribution in [1.29, 1.82) is 0 Å². The van der Waals surface area contributed by atoms with Gasteiger partial charge in [-0.05, 0) is 51.8 Å². The summed E-state index contributed by atoms with van der Waals surface area (Å²) >= 11 is 0. The number of rotatable bonds is 7. The summed E-state index contributed by atoms with van der Waals surface area (Å²) in [5, 5.41) is 3.45. The maximum Gasteiger partial charge on any atom is 0.126 e. The monoisotopic (exact) mass is 277 g/mol. The summed E-state index contributed by atoms with van der Waals surface area (Å²) in [5.41, 5.74) is 1.06. The van der Waals surface area contributed by atoms with E-state index in [0.717, 1.165) is 37.1 Å². The van der Waals surface area contributed by atoms with Crippen molar-refractivity contribution in [1.82, 2.24) is 9.88 Å². The van der Waals surface area contributed by atoms with Crippen LogP contribution in [0.2, 0.25) is 0 Å². The summed E-state index contributed by atoms with van der Waals surface area (Å²) in [7, 11) is 0. The molecule has 4 nitrogen and oxygen atoms in total. The van der Waals surface area contributed by atoms with Crippen molar-refractivity contribution in [3.63, 3.8) is 0 Å². The van der Waals surface area contributed by atoms with Gasteiger partial charge in [-0.15, -0.1) is 0 Å². The largest absolute Gasteiger partial charge is 0.377 e. The predicted molar refractivity (Wildman–Crippen MR) is 83.1 cm³/mol. The second-order valence-corrected chi connectivity index (χ2v) is 5.92. The molecule has 4 heteroatoms. The van der Waals surface area contributed by atoms with E-state index >= 15 is 0 Å². The highest BCUT2D eigenvalue weighted by molar-refractivity contribution is 5.35. The van der Waals surface area contributed by atoms with Crippen LogP contribution in [0.25, 0.3) is 0 Å². The van der Waals surface area contributed by atoms with Crippen LogP contribution in [0.3, 0.4) is 0 Å². The van der Waals surface area contributed by atoms with E-state index in [-0.39, 0.29) is 0 Å². The minimum absolute atomic E-state index is 0.336. The summed E-state index contributed by atoms with van der Waals surface area (Å²) in [4.78, 5) is 6.98. The van der Waals surface area contributed by atoms with Gasteiger partial charge < -0.3 is 15.0 Å². The summed E-state index contributed by atoms with van der Waals surface area (Å²) in [6.45, 7) is 11.5. The van der Waals surface area contributed by atoms with Crippen molar-refractivity contribution >= 4 is 5.82 Å². The number of pyridine rings is 1. The Morgan fingerprint density at radius 2 is 2.30 bits per heavy atom. The van der Waals surface area contributed by atoms with E-state index in [1.165, 1.54) is 19.5 Å². The standard InChI is InChI=1S/C16H27N3O/c1-13(2)20-10-9-19-8-7-15(12-19)11-17-16-6-4-5-14(3)18-16/h4-6,13,15H,7-12H2,1-3H3,(H,17,18)/t15-/m1/s1. The van der Waals surface area contributed by atoms with E-state index in [1.54, 1.807) is 0 Å². The van der Waals surface area contributed by atoms with Crippen molar-refractivity contribution < 1.29 is 4.74 Å². The lowest BCUT2D eigenvalue weighted by Crippen LogP contribution is -2.27. The molecule has 0 amide bonds. The van der Waals surface area contributed by atoms with Gasteiger partial charge in [0.05, 0.1) is 12.7 Å². The number of nitrogens with zero attached hydrogens (tertiary/aromatic N) is 2. The van der Waals surface area contributed by atoms with Crippen molar-refractivity contribution in [3.05, 3.63) is 23.9 Å². The van der Waals surface area contributed by atoms with Gasteiger partial charge in [-0.3, -0.25) is 0 Å². The van der Waals surface area contributed by atoms with Gasteiger partial charge in [0.1, 0.15) is 5.82 Å². The molecule has 1 aromatic heterocycles. The number of hydrogen-bond acceptors (Lipinski definition) is 4. The van der Waals surface area contributed by atoms with Crippen LogP contribution in [0.1, 0.15) is 26.0 Å². The molecule has 0 aliphatic carbocycles. The molecule has 1 atom stereocenters. The van der Waals surface area contributed by atoms with Crippen LogP contribution in [0.5, 0.6) is 0 Å². The Balaban J connectivity index is 1.66. The summed E-state index contributed by atoms with van der Waals surface area (Å²) < 4.78 is 5.61. The average Bonchev–Trinajstić information content (AvgIpc) is 2.84. The van der Waals surface area contributed by atoms with Crippen LogP contribution in [0.4, 0.5) is 5.82 Å². The van der Waals surface area contributed by atoms with E-state index in [2.05, 4.69) is 35.1 Å². The Morgan fingerprint density at radius 1 is 1.45 bits per heavy atom. The Morgan fingerprint density at radius 3 is 3.05 bits per heavy atom. The molecule has 112 valence electrons. The second kappa shape index (κ2) is 7.60. The molecular weight excluding hydrogens is 250 g/mol. The number of nitrogens with one attached hydrogen (secondary N) is 1. The maximum absolute atomic E-state index is 5.61. The highest BCUT2D eigenvalue weighted by Gasteiger charge is 2.21. The predicted octanol–water partition coefficient (Wildman–Crippen LogP) is 2.55. The highest BCUT2D eigenvalue weighted by atomic mass is 16.5. The zero-order valence-electron chi connectivity index (χ0n) is 12.9. The number of likely N-dealkylation sites (tertiary alicyclic amines) is 1. The van der Waals surface area contributed by atoms with Crippen LogP contribution in [-0.2, 0) is 4.74 Å². The molecule has 2 rings (SSSR count). The SMILES string of the molecule is Cc1cccc(NC[C@H]2CCN(CCOC(C)C)C2)n1. The van der Waals surface area contributed by atoms with E-state index in [9.17, 15) is 0 Å². The third kappa shape index (κ3) is 5.10. The molecule has 0 bridgehead atoms. The number of hydrogen-bond donors (Lipinski definition) is 1. The van der Waals surface area contributed by atoms with Gasteiger partial charge in [0.15, 0.2) is 0 Å². The topological polar surface area (TPSA) is 37.4 Å². The van der Waals surface area contributed by atoms with Crippen molar-refractivity contribution in [2.45, 2.75) is 33.3 Å². The Kier molecular flexibility index (Phi) is 5.80. The Labute approximate surface area is 122 Å². The minimum Gasteiger partial charge on any atom is -0.377 e.